The second kappa shape index (κ2) is 8.37. The lowest BCUT2D eigenvalue weighted by atomic mass is 10.7. The molecular weight excluding hydrogens is 260 g/mol. The molecular formula is C9H10N4S3. The molecule has 0 fully saturated rings. The van der Waals surface area contributed by atoms with Gasteiger partial charge in [0, 0.05) is 25.7 Å². The van der Waals surface area contributed by atoms with Gasteiger partial charge in [-0.15, -0.1) is 0 Å². The van der Waals surface area contributed by atoms with Crippen LogP contribution in [0.5, 0.6) is 0 Å². The van der Waals surface area contributed by atoms with E-state index in [0.717, 1.165) is 5.16 Å². The first-order valence-corrected chi connectivity index (χ1v) is 7.75. The van der Waals surface area contributed by atoms with Crippen LogP contribution in [0.1, 0.15) is 0 Å². The highest BCUT2D eigenvalue weighted by molar-refractivity contribution is 9.12. The number of hydrogen-bond acceptors (Lipinski definition) is 6. The van der Waals surface area contributed by atoms with E-state index in [0.29, 0.717) is 5.17 Å². The smallest absolute Gasteiger partial charge is 0.199 e. The summed E-state index contributed by atoms with van der Waals surface area (Å²) in [5.74, 6) is 0. The van der Waals surface area contributed by atoms with Crippen molar-refractivity contribution in [2.24, 2.45) is 9.98 Å². The first-order chi connectivity index (χ1) is 7.86. The lowest BCUT2D eigenvalue weighted by molar-refractivity contribution is 0.973. The molecule has 0 aliphatic carbocycles. The minimum Gasteiger partial charge on any atom is -0.263 e. The van der Waals surface area contributed by atoms with E-state index < -0.39 is 0 Å². The Morgan fingerprint density at radius 2 is 2.19 bits per heavy atom. The SMILES string of the molecule is C=C/C=N\C(=N/C)SSSc1ncccn1. The molecule has 1 rings (SSSR count). The van der Waals surface area contributed by atoms with E-state index in [2.05, 4.69) is 26.5 Å². The van der Waals surface area contributed by atoms with Gasteiger partial charge in [-0.3, -0.25) is 4.99 Å². The molecule has 0 aliphatic heterocycles. The van der Waals surface area contributed by atoms with E-state index in [1.54, 1.807) is 37.8 Å². The number of amidine groups is 1. The molecule has 0 aromatic carbocycles. The summed E-state index contributed by atoms with van der Waals surface area (Å²) in [5, 5.41) is 1.41. The Balaban J connectivity index is 2.35. The van der Waals surface area contributed by atoms with Crippen molar-refractivity contribution in [3.8, 4) is 0 Å². The number of nitrogens with zero attached hydrogens (tertiary/aromatic N) is 4. The number of aromatic nitrogens is 2. The molecule has 4 nitrogen and oxygen atoms in total. The molecule has 0 amide bonds. The second-order valence-electron chi connectivity index (χ2n) is 2.29. The molecule has 1 heterocycles. The van der Waals surface area contributed by atoms with Crippen LogP contribution in [0.3, 0.4) is 0 Å². The summed E-state index contributed by atoms with van der Waals surface area (Å²) in [4.78, 5) is 16.3. The van der Waals surface area contributed by atoms with Crippen molar-refractivity contribution in [2.45, 2.75) is 5.16 Å². The molecule has 0 radical (unpaired) electrons. The molecule has 0 aliphatic rings. The lowest BCUT2D eigenvalue weighted by Crippen LogP contribution is -1.84. The zero-order chi connectivity index (χ0) is 11.6. The normalized spacial score (nSPS) is 11.9. The molecule has 0 bridgehead atoms. The topological polar surface area (TPSA) is 50.5 Å². The van der Waals surface area contributed by atoms with Gasteiger partial charge in [0.05, 0.1) is 0 Å². The summed E-state index contributed by atoms with van der Waals surface area (Å²) in [5.41, 5.74) is 0. The fourth-order valence-electron chi connectivity index (χ4n) is 0.639. The zero-order valence-electron chi connectivity index (χ0n) is 8.61. The van der Waals surface area contributed by atoms with Crippen LogP contribution in [-0.4, -0.2) is 28.4 Å². The molecule has 0 unspecified atom stereocenters. The van der Waals surface area contributed by atoms with E-state index in [1.165, 1.54) is 31.4 Å². The van der Waals surface area contributed by atoms with Gasteiger partial charge in [0.15, 0.2) is 10.3 Å². The zero-order valence-corrected chi connectivity index (χ0v) is 11.1. The maximum atomic E-state index is 4.09. The maximum Gasteiger partial charge on any atom is 0.199 e. The summed E-state index contributed by atoms with van der Waals surface area (Å²) in [6.07, 6.45) is 6.65. The van der Waals surface area contributed by atoms with Crippen molar-refractivity contribution >= 4 is 42.8 Å². The number of aliphatic imine (C=N–C) groups is 2. The van der Waals surface area contributed by atoms with Crippen LogP contribution in [0.2, 0.25) is 0 Å². The Hall–Kier alpha value is -0.790. The van der Waals surface area contributed by atoms with Crippen molar-refractivity contribution in [1.82, 2.24) is 9.97 Å². The molecule has 7 heteroatoms. The monoisotopic (exact) mass is 270 g/mol. The van der Waals surface area contributed by atoms with Gasteiger partial charge in [-0.25, -0.2) is 15.0 Å². The van der Waals surface area contributed by atoms with Gasteiger partial charge >= 0.3 is 0 Å². The van der Waals surface area contributed by atoms with E-state index in [1.807, 2.05) is 0 Å². The Bertz CT molecular complexity index is 378. The predicted octanol–water partition coefficient (Wildman–Crippen LogP) is 3.11. The van der Waals surface area contributed by atoms with E-state index >= 15 is 0 Å². The van der Waals surface area contributed by atoms with E-state index in [9.17, 15) is 0 Å². The molecule has 1 aromatic rings. The standard InChI is InChI=1S/C9H10N4S3/c1-3-5-11-8(10-2)14-16-15-9-12-6-4-7-13-9/h3-7H,1H2,2H3/b10-8+,11-5-. The minimum atomic E-state index is 0.688. The summed E-state index contributed by atoms with van der Waals surface area (Å²) in [6.45, 7) is 3.55. The summed E-state index contributed by atoms with van der Waals surface area (Å²) in [7, 11) is 6.16. The third-order valence-electron chi connectivity index (χ3n) is 1.24. The van der Waals surface area contributed by atoms with Crippen molar-refractivity contribution in [1.29, 1.82) is 0 Å². The Kier molecular flexibility index (Phi) is 6.95. The number of allylic oxidation sites excluding steroid dienone is 1. The molecule has 0 saturated heterocycles. The van der Waals surface area contributed by atoms with E-state index in [-0.39, 0.29) is 0 Å². The summed E-state index contributed by atoms with van der Waals surface area (Å²) in [6, 6.07) is 1.79. The van der Waals surface area contributed by atoms with Gasteiger partial charge in [0.1, 0.15) is 0 Å². The maximum absolute atomic E-state index is 4.09. The molecule has 0 spiro atoms. The van der Waals surface area contributed by atoms with Gasteiger partial charge in [0.25, 0.3) is 0 Å². The second-order valence-corrected chi connectivity index (χ2v) is 6.12. The van der Waals surface area contributed by atoms with E-state index in [4.69, 9.17) is 0 Å². The van der Waals surface area contributed by atoms with Crippen molar-refractivity contribution in [2.75, 3.05) is 7.05 Å². The summed E-state index contributed by atoms with van der Waals surface area (Å²) < 4.78 is 0. The van der Waals surface area contributed by atoms with Gasteiger partial charge in [0.2, 0.25) is 0 Å². The Morgan fingerprint density at radius 1 is 1.44 bits per heavy atom. The third kappa shape index (κ3) is 5.34. The fraction of sp³-hybridized carbons (Fsp3) is 0.111. The molecule has 0 saturated carbocycles. The minimum absolute atomic E-state index is 0.688. The van der Waals surface area contributed by atoms with Crippen molar-refractivity contribution in [3.05, 3.63) is 31.1 Å². The van der Waals surface area contributed by atoms with Gasteiger partial charge in [-0.1, -0.05) is 12.7 Å². The Labute approximate surface area is 106 Å². The van der Waals surface area contributed by atoms with Crippen molar-refractivity contribution in [3.63, 3.8) is 0 Å². The van der Waals surface area contributed by atoms with Crippen LogP contribution in [0, 0.1) is 0 Å². The Morgan fingerprint density at radius 3 is 2.81 bits per heavy atom. The predicted molar refractivity (Wildman–Crippen MR) is 75.1 cm³/mol. The number of rotatable bonds is 4. The average Bonchev–Trinajstić information content (AvgIpc) is 2.35. The fourth-order valence-corrected chi connectivity index (χ4v) is 3.66. The van der Waals surface area contributed by atoms with Crippen LogP contribution in [0.25, 0.3) is 0 Å². The molecule has 0 N–H and O–H groups in total. The third-order valence-corrected chi connectivity index (χ3v) is 4.70. The molecule has 84 valence electrons. The van der Waals surface area contributed by atoms with Crippen LogP contribution in [0.15, 0.2) is 46.3 Å². The highest BCUT2D eigenvalue weighted by Crippen LogP contribution is 2.39. The quantitative estimate of drug-likeness (QED) is 0.364. The van der Waals surface area contributed by atoms with Crippen LogP contribution < -0.4 is 0 Å². The highest BCUT2D eigenvalue weighted by atomic mass is 33.5. The van der Waals surface area contributed by atoms with Crippen LogP contribution >= 0.6 is 31.4 Å². The first kappa shape index (κ1) is 13.3. The largest absolute Gasteiger partial charge is 0.263 e. The molecule has 0 atom stereocenters. The average molecular weight is 270 g/mol. The van der Waals surface area contributed by atoms with Gasteiger partial charge in [-0.05, 0) is 37.5 Å². The summed E-state index contributed by atoms with van der Waals surface area (Å²) >= 11 is 0. The van der Waals surface area contributed by atoms with Crippen LogP contribution in [-0.2, 0) is 0 Å². The number of hydrogen-bond donors (Lipinski definition) is 0. The van der Waals surface area contributed by atoms with Crippen molar-refractivity contribution < 1.29 is 0 Å². The molecule has 1 aromatic heterocycles. The molecule has 16 heavy (non-hydrogen) atoms. The van der Waals surface area contributed by atoms with Gasteiger partial charge in [-0.2, -0.15) is 0 Å². The highest BCUT2D eigenvalue weighted by Gasteiger charge is 2.00. The first-order valence-electron chi connectivity index (χ1n) is 4.27. The van der Waals surface area contributed by atoms with Crippen LogP contribution in [0.4, 0.5) is 0 Å². The van der Waals surface area contributed by atoms with Gasteiger partial charge < -0.3 is 0 Å². The lowest BCUT2D eigenvalue weighted by Gasteiger charge is -1.97.